The lowest BCUT2D eigenvalue weighted by molar-refractivity contribution is -0.0922. The van der Waals surface area contributed by atoms with E-state index in [0.29, 0.717) is 19.0 Å². The van der Waals surface area contributed by atoms with Gasteiger partial charge in [0.05, 0.1) is 0 Å². The largest absolute Gasteiger partial charge is 0.300 e. The lowest BCUT2D eigenvalue weighted by atomic mass is 9.81. The van der Waals surface area contributed by atoms with E-state index in [0.717, 1.165) is 19.9 Å². The highest BCUT2D eigenvalue weighted by molar-refractivity contribution is 5.01. The molecule has 2 heterocycles. The lowest BCUT2D eigenvalue weighted by Gasteiger charge is -2.31. The van der Waals surface area contributed by atoms with E-state index in [1.165, 1.54) is 6.42 Å². The van der Waals surface area contributed by atoms with Gasteiger partial charge in [0.2, 0.25) is 0 Å². The average Bonchev–Trinajstić information content (AvgIpc) is 2.42. The Kier molecular flexibility index (Phi) is 1.92. The fourth-order valence-corrected chi connectivity index (χ4v) is 2.69. The van der Waals surface area contributed by atoms with Gasteiger partial charge in [-0.05, 0) is 32.7 Å². The van der Waals surface area contributed by atoms with Crippen LogP contribution in [0.1, 0.15) is 33.1 Å². The van der Waals surface area contributed by atoms with Crippen molar-refractivity contribution in [3.63, 3.8) is 0 Å². The lowest BCUT2D eigenvalue weighted by Crippen LogP contribution is -2.38. The Balaban J connectivity index is 2.13. The first-order chi connectivity index (χ1) is 5.92. The van der Waals surface area contributed by atoms with Crippen LogP contribution in [-0.4, -0.2) is 30.0 Å². The van der Waals surface area contributed by atoms with Gasteiger partial charge in [-0.3, -0.25) is 4.90 Å². The first-order valence-corrected chi connectivity index (χ1v) is 5.04. The summed E-state index contributed by atoms with van der Waals surface area (Å²) in [4.78, 5) is 2.23. The van der Waals surface area contributed by atoms with Crippen LogP contribution in [0.15, 0.2) is 0 Å². The van der Waals surface area contributed by atoms with Crippen molar-refractivity contribution in [1.29, 1.82) is 0 Å². The summed E-state index contributed by atoms with van der Waals surface area (Å²) in [5, 5.41) is 0. The third-order valence-electron chi connectivity index (χ3n) is 3.80. The van der Waals surface area contributed by atoms with Crippen LogP contribution >= 0.6 is 0 Å². The summed E-state index contributed by atoms with van der Waals surface area (Å²) >= 11 is 0. The molecule has 76 valence electrons. The van der Waals surface area contributed by atoms with Crippen molar-refractivity contribution in [3.8, 4) is 0 Å². The first-order valence-electron chi connectivity index (χ1n) is 5.04. The number of alkyl halides is 2. The van der Waals surface area contributed by atoms with Crippen molar-refractivity contribution >= 4 is 0 Å². The SMILES string of the molecule is CC(F)(F)C1(C)CC2CCCN2C1. The van der Waals surface area contributed by atoms with Gasteiger partial charge in [0.1, 0.15) is 0 Å². The zero-order chi connectivity index (χ0) is 9.69. The summed E-state index contributed by atoms with van der Waals surface area (Å²) < 4.78 is 26.6. The number of hydrogen-bond acceptors (Lipinski definition) is 1. The highest BCUT2D eigenvalue weighted by Gasteiger charge is 2.54. The molecule has 13 heavy (non-hydrogen) atoms. The van der Waals surface area contributed by atoms with Crippen LogP contribution in [0.3, 0.4) is 0 Å². The van der Waals surface area contributed by atoms with Gasteiger partial charge in [-0.1, -0.05) is 6.92 Å². The second kappa shape index (κ2) is 2.66. The molecule has 0 radical (unpaired) electrons. The minimum absolute atomic E-state index is 0.441. The van der Waals surface area contributed by atoms with Gasteiger partial charge in [0.25, 0.3) is 5.92 Å². The molecule has 2 aliphatic heterocycles. The molecule has 0 bridgehead atoms. The number of nitrogens with zero attached hydrogens (tertiary/aromatic N) is 1. The van der Waals surface area contributed by atoms with E-state index in [9.17, 15) is 8.78 Å². The van der Waals surface area contributed by atoms with Crippen molar-refractivity contribution in [2.45, 2.75) is 45.1 Å². The average molecular weight is 189 g/mol. The fourth-order valence-electron chi connectivity index (χ4n) is 2.69. The molecule has 3 heteroatoms. The van der Waals surface area contributed by atoms with Crippen molar-refractivity contribution in [2.75, 3.05) is 13.1 Å². The number of hydrogen-bond donors (Lipinski definition) is 0. The predicted molar refractivity (Wildman–Crippen MR) is 47.9 cm³/mol. The highest BCUT2D eigenvalue weighted by Crippen LogP contribution is 2.48. The summed E-state index contributed by atoms with van der Waals surface area (Å²) in [6, 6.07) is 0.441. The molecule has 0 N–H and O–H groups in total. The van der Waals surface area contributed by atoms with Crippen molar-refractivity contribution in [3.05, 3.63) is 0 Å². The Labute approximate surface area is 78.1 Å². The summed E-state index contributed by atoms with van der Waals surface area (Å²) in [6.07, 6.45) is 2.98. The quantitative estimate of drug-likeness (QED) is 0.612. The molecule has 0 aromatic rings. The molecule has 0 spiro atoms. The van der Waals surface area contributed by atoms with Gasteiger partial charge < -0.3 is 0 Å². The molecular formula is C10H17F2N. The second-order valence-electron chi connectivity index (χ2n) is 4.92. The minimum Gasteiger partial charge on any atom is -0.300 e. The van der Waals surface area contributed by atoms with E-state index in [-0.39, 0.29) is 0 Å². The smallest absolute Gasteiger partial charge is 0.251 e. The Morgan fingerprint density at radius 3 is 2.69 bits per heavy atom. The maximum Gasteiger partial charge on any atom is 0.251 e. The van der Waals surface area contributed by atoms with Gasteiger partial charge in [0.15, 0.2) is 0 Å². The molecule has 0 aliphatic carbocycles. The zero-order valence-electron chi connectivity index (χ0n) is 8.32. The van der Waals surface area contributed by atoms with Gasteiger partial charge in [-0.15, -0.1) is 0 Å². The summed E-state index contributed by atoms with van der Waals surface area (Å²) in [5.74, 6) is -2.53. The Bertz CT molecular complexity index is 197. The third-order valence-corrected chi connectivity index (χ3v) is 3.80. The Morgan fingerprint density at radius 1 is 1.46 bits per heavy atom. The predicted octanol–water partition coefficient (Wildman–Crippen LogP) is 2.52. The van der Waals surface area contributed by atoms with Crippen LogP contribution in [0.25, 0.3) is 0 Å². The highest BCUT2D eigenvalue weighted by atomic mass is 19.3. The summed E-state index contributed by atoms with van der Waals surface area (Å²) in [5.41, 5.74) is -0.780. The minimum atomic E-state index is -2.53. The number of fused-ring (bicyclic) bond motifs is 1. The van der Waals surface area contributed by atoms with E-state index in [1.807, 2.05) is 0 Å². The van der Waals surface area contributed by atoms with Crippen LogP contribution < -0.4 is 0 Å². The monoisotopic (exact) mass is 189 g/mol. The standard InChI is InChI=1S/C10H17F2N/c1-9(10(2,11)12)6-8-4-3-5-13(8)7-9/h8H,3-7H2,1-2H3. The molecule has 0 aromatic carbocycles. The molecule has 2 unspecified atom stereocenters. The van der Waals surface area contributed by atoms with Crippen LogP contribution in [0.5, 0.6) is 0 Å². The van der Waals surface area contributed by atoms with Gasteiger partial charge in [-0.25, -0.2) is 8.78 Å². The molecule has 2 fully saturated rings. The van der Waals surface area contributed by atoms with Gasteiger partial charge in [-0.2, -0.15) is 0 Å². The number of rotatable bonds is 1. The van der Waals surface area contributed by atoms with Crippen LogP contribution in [0, 0.1) is 5.41 Å². The fraction of sp³-hybridized carbons (Fsp3) is 1.00. The van der Waals surface area contributed by atoms with Crippen molar-refractivity contribution in [1.82, 2.24) is 4.90 Å². The molecule has 2 aliphatic rings. The Hall–Kier alpha value is -0.180. The third kappa shape index (κ3) is 1.37. The van der Waals surface area contributed by atoms with Crippen molar-refractivity contribution in [2.24, 2.45) is 5.41 Å². The Morgan fingerprint density at radius 2 is 2.15 bits per heavy atom. The molecule has 1 nitrogen and oxygen atoms in total. The molecule has 2 rings (SSSR count). The summed E-state index contributed by atoms with van der Waals surface area (Å²) in [7, 11) is 0. The van der Waals surface area contributed by atoms with Crippen LogP contribution in [0.4, 0.5) is 8.78 Å². The van der Waals surface area contributed by atoms with E-state index in [1.54, 1.807) is 6.92 Å². The maximum absolute atomic E-state index is 13.3. The second-order valence-corrected chi connectivity index (χ2v) is 4.92. The molecule has 0 amide bonds. The van der Waals surface area contributed by atoms with Crippen LogP contribution in [-0.2, 0) is 0 Å². The van der Waals surface area contributed by atoms with Crippen LogP contribution in [0.2, 0.25) is 0 Å². The first kappa shape index (κ1) is 9.38. The van der Waals surface area contributed by atoms with Crippen molar-refractivity contribution < 1.29 is 8.78 Å². The molecule has 2 saturated heterocycles. The summed E-state index contributed by atoms with van der Waals surface area (Å²) in [6.45, 7) is 4.40. The molecule has 2 atom stereocenters. The molecule has 0 aromatic heterocycles. The van der Waals surface area contributed by atoms with Gasteiger partial charge >= 0.3 is 0 Å². The van der Waals surface area contributed by atoms with E-state index in [4.69, 9.17) is 0 Å². The van der Waals surface area contributed by atoms with E-state index in [2.05, 4.69) is 4.90 Å². The van der Waals surface area contributed by atoms with E-state index >= 15 is 0 Å². The molecular weight excluding hydrogens is 172 g/mol. The normalized spacial score (nSPS) is 41.1. The van der Waals surface area contributed by atoms with E-state index < -0.39 is 11.3 Å². The number of halogens is 2. The maximum atomic E-state index is 13.3. The molecule has 0 saturated carbocycles. The topological polar surface area (TPSA) is 3.24 Å². The zero-order valence-corrected chi connectivity index (χ0v) is 8.32. The van der Waals surface area contributed by atoms with Gasteiger partial charge in [0, 0.05) is 18.0 Å².